The number of rotatable bonds is 20. The van der Waals surface area contributed by atoms with Crippen molar-refractivity contribution < 1.29 is 9.53 Å². The highest BCUT2D eigenvalue weighted by atomic mass is 16.5. The first-order valence-corrected chi connectivity index (χ1v) is 21.3. The highest BCUT2D eigenvalue weighted by Gasteiger charge is 2.59. The summed E-state index contributed by atoms with van der Waals surface area (Å²) in [5.74, 6) is 5.46. The highest BCUT2D eigenvalue weighted by Crippen LogP contribution is 2.67. The first-order chi connectivity index (χ1) is 23.1. The molecule has 4 aliphatic carbocycles. The molecular formula is C46H78O2. The number of hydrogen-bond acceptors (Lipinski definition) is 2. The molecule has 4 aliphatic rings. The van der Waals surface area contributed by atoms with Gasteiger partial charge < -0.3 is 4.74 Å². The number of allylic oxidation sites excluding steroid dienone is 5. The summed E-state index contributed by atoms with van der Waals surface area (Å²) in [4.78, 5) is 12.8. The van der Waals surface area contributed by atoms with E-state index in [1.165, 1.54) is 109 Å². The van der Waals surface area contributed by atoms with Crippen LogP contribution in [0.3, 0.4) is 0 Å². The lowest BCUT2D eigenvalue weighted by molar-refractivity contribution is -0.151. The third kappa shape index (κ3) is 10.4. The van der Waals surface area contributed by atoms with E-state index in [0.717, 1.165) is 55.3 Å². The maximum Gasteiger partial charge on any atom is 0.306 e. The fourth-order valence-corrected chi connectivity index (χ4v) is 10.9. The average Bonchev–Trinajstić information content (AvgIpc) is 3.42. The fraction of sp³-hybridized carbons (Fsp3) is 0.848. The summed E-state index contributed by atoms with van der Waals surface area (Å²) in [6, 6.07) is 0. The lowest BCUT2D eigenvalue weighted by atomic mass is 9.47. The Labute approximate surface area is 298 Å². The molecule has 3 fully saturated rings. The maximum absolute atomic E-state index is 12.8. The van der Waals surface area contributed by atoms with Gasteiger partial charge in [-0.3, -0.25) is 4.79 Å². The normalized spacial score (nSPS) is 33.0. The van der Waals surface area contributed by atoms with Gasteiger partial charge in [-0.2, -0.15) is 0 Å². The van der Waals surface area contributed by atoms with Gasteiger partial charge in [0.05, 0.1) is 0 Å². The lowest BCUT2D eigenvalue weighted by Crippen LogP contribution is -2.51. The first kappa shape index (κ1) is 39.5. The molecule has 0 aromatic carbocycles. The Bertz CT molecular complexity index is 1050. The number of carbonyl (C=O) groups excluding carboxylic acids is 1. The average molecular weight is 663 g/mol. The number of ether oxygens (including phenoxy) is 1. The van der Waals surface area contributed by atoms with Gasteiger partial charge in [-0.25, -0.2) is 0 Å². The molecule has 0 radical (unpaired) electrons. The van der Waals surface area contributed by atoms with Crippen LogP contribution >= 0.6 is 0 Å². The standard InChI is InChI=1S/C46H78O2/c1-8-9-10-11-12-13-14-15-16-17-18-19-20-21-22-23-44(47)48-39-30-32-45(6)38(34-39)26-27-40-42-29-28-41(46(42,7)33-31-43(40)45)37(5)25-24-36(4)35(2)3/h15-16,24-26,35-37,39-43H,8-14,17-23,27-34H2,1-7H3/t36-,37+,39?,40-,41+,42-,43-,45-,46+/m0/s1. The van der Waals surface area contributed by atoms with Gasteiger partial charge in [0.15, 0.2) is 0 Å². The molecular weight excluding hydrogens is 585 g/mol. The van der Waals surface area contributed by atoms with Crippen molar-refractivity contribution in [2.24, 2.45) is 52.3 Å². The van der Waals surface area contributed by atoms with Gasteiger partial charge in [0, 0.05) is 12.8 Å². The Morgan fingerprint density at radius 3 is 2.17 bits per heavy atom. The SMILES string of the molecule is CCCCCCCCC=CCCCCCCCC(=O)OC1CC[C@@]2(C)C(=CC[C@H]3[C@@H]4CC[C@H]([C@H](C)C=C[C@H](C)C(C)C)[C@@]4(C)CC[C@@H]32)C1. The Morgan fingerprint density at radius 1 is 0.812 bits per heavy atom. The molecule has 0 aromatic heterocycles. The van der Waals surface area contributed by atoms with Crippen LogP contribution in [0, 0.1) is 52.3 Å². The molecule has 0 aliphatic heterocycles. The van der Waals surface area contributed by atoms with E-state index >= 15 is 0 Å². The van der Waals surface area contributed by atoms with Crippen LogP contribution in [0.4, 0.5) is 0 Å². The fourth-order valence-electron chi connectivity index (χ4n) is 10.9. The van der Waals surface area contributed by atoms with E-state index < -0.39 is 0 Å². The van der Waals surface area contributed by atoms with Crippen LogP contribution in [0.15, 0.2) is 36.0 Å². The lowest BCUT2D eigenvalue weighted by Gasteiger charge is -2.58. The highest BCUT2D eigenvalue weighted by molar-refractivity contribution is 5.69. The van der Waals surface area contributed by atoms with Crippen LogP contribution in [0.5, 0.6) is 0 Å². The number of fused-ring (bicyclic) bond motifs is 5. The number of carbonyl (C=O) groups is 1. The summed E-state index contributed by atoms with van der Waals surface area (Å²) < 4.78 is 6.13. The minimum absolute atomic E-state index is 0.0481. The van der Waals surface area contributed by atoms with Gasteiger partial charge in [0.25, 0.3) is 0 Å². The number of hydrogen-bond donors (Lipinski definition) is 0. The molecule has 0 amide bonds. The van der Waals surface area contributed by atoms with Gasteiger partial charge in [-0.05, 0) is 129 Å². The molecule has 2 heteroatoms. The molecule has 0 spiro atoms. The van der Waals surface area contributed by atoms with Crippen molar-refractivity contribution in [3.05, 3.63) is 36.0 Å². The molecule has 0 N–H and O–H groups in total. The van der Waals surface area contributed by atoms with Crippen molar-refractivity contribution in [1.82, 2.24) is 0 Å². The van der Waals surface area contributed by atoms with Crippen molar-refractivity contribution >= 4 is 5.97 Å². The van der Waals surface area contributed by atoms with Gasteiger partial charge in [0.2, 0.25) is 0 Å². The molecule has 9 atom stereocenters. The molecule has 2 nitrogen and oxygen atoms in total. The Balaban J connectivity index is 1.14. The summed E-state index contributed by atoms with van der Waals surface area (Å²) >= 11 is 0. The Morgan fingerprint density at radius 2 is 1.48 bits per heavy atom. The van der Waals surface area contributed by atoms with E-state index in [1.54, 1.807) is 5.57 Å². The zero-order valence-corrected chi connectivity index (χ0v) is 32.9. The molecule has 1 unspecified atom stereocenters. The van der Waals surface area contributed by atoms with Crippen LogP contribution in [-0.4, -0.2) is 12.1 Å². The summed E-state index contributed by atoms with van der Waals surface area (Å²) in [6.45, 7) is 17.1. The van der Waals surface area contributed by atoms with E-state index in [2.05, 4.69) is 78.8 Å². The van der Waals surface area contributed by atoms with Crippen LogP contribution in [0.2, 0.25) is 0 Å². The van der Waals surface area contributed by atoms with Gasteiger partial charge in [-0.15, -0.1) is 0 Å². The third-order valence-corrected chi connectivity index (χ3v) is 14.5. The van der Waals surface area contributed by atoms with Crippen molar-refractivity contribution in [2.75, 3.05) is 0 Å². The maximum atomic E-state index is 12.8. The summed E-state index contributed by atoms with van der Waals surface area (Å²) in [7, 11) is 0. The molecule has 0 heterocycles. The predicted molar refractivity (Wildman–Crippen MR) is 207 cm³/mol. The van der Waals surface area contributed by atoms with E-state index in [4.69, 9.17) is 4.74 Å². The van der Waals surface area contributed by atoms with Gasteiger partial charge >= 0.3 is 5.97 Å². The van der Waals surface area contributed by atoms with E-state index in [9.17, 15) is 4.79 Å². The Hall–Kier alpha value is -1.31. The molecule has 0 saturated heterocycles. The van der Waals surface area contributed by atoms with Crippen LogP contribution in [0.1, 0.15) is 190 Å². The minimum atomic E-state index is 0.0481. The summed E-state index contributed by atoms with van der Waals surface area (Å²) in [5.41, 5.74) is 2.43. The van der Waals surface area contributed by atoms with Crippen molar-refractivity contribution in [3.63, 3.8) is 0 Å². The monoisotopic (exact) mass is 663 g/mol. The van der Waals surface area contributed by atoms with Crippen LogP contribution in [0.25, 0.3) is 0 Å². The summed E-state index contributed by atoms with van der Waals surface area (Å²) in [5, 5.41) is 0. The zero-order valence-electron chi connectivity index (χ0n) is 32.9. The van der Waals surface area contributed by atoms with Crippen LogP contribution in [-0.2, 0) is 9.53 Å². The summed E-state index contributed by atoms with van der Waals surface area (Å²) in [6.07, 6.45) is 40.0. The van der Waals surface area contributed by atoms with Crippen molar-refractivity contribution in [1.29, 1.82) is 0 Å². The van der Waals surface area contributed by atoms with Crippen molar-refractivity contribution in [3.8, 4) is 0 Å². The van der Waals surface area contributed by atoms with E-state index in [1.807, 2.05) is 0 Å². The molecule has 48 heavy (non-hydrogen) atoms. The van der Waals surface area contributed by atoms with Gasteiger partial charge in [0.1, 0.15) is 6.10 Å². The quantitative estimate of drug-likeness (QED) is 0.0736. The molecule has 274 valence electrons. The Kier molecular flexibility index (Phi) is 15.9. The van der Waals surface area contributed by atoms with Crippen molar-refractivity contribution in [2.45, 2.75) is 196 Å². The smallest absolute Gasteiger partial charge is 0.306 e. The minimum Gasteiger partial charge on any atom is -0.462 e. The predicted octanol–water partition coefficient (Wildman–Crippen LogP) is 14.0. The second-order valence-corrected chi connectivity index (χ2v) is 18.0. The molecule has 0 aromatic rings. The molecule has 0 bridgehead atoms. The number of unbranched alkanes of at least 4 members (excludes halogenated alkanes) is 11. The second kappa shape index (κ2) is 19.3. The second-order valence-electron chi connectivity index (χ2n) is 18.0. The molecule has 3 saturated carbocycles. The number of esters is 1. The largest absolute Gasteiger partial charge is 0.462 e. The zero-order chi connectivity index (χ0) is 34.6. The van der Waals surface area contributed by atoms with Crippen LogP contribution < -0.4 is 0 Å². The van der Waals surface area contributed by atoms with E-state index in [0.29, 0.717) is 29.1 Å². The molecule has 4 rings (SSSR count). The van der Waals surface area contributed by atoms with Gasteiger partial charge in [-0.1, -0.05) is 136 Å². The third-order valence-electron chi connectivity index (χ3n) is 14.5. The first-order valence-electron chi connectivity index (χ1n) is 21.3. The van der Waals surface area contributed by atoms with E-state index in [-0.39, 0.29) is 12.1 Å². The topological polar surface area (TPSA) is 26.3 Å².